The molecule has 3 aromatic heterocycles. The number of nitrogens with one attached hydrogen (secondary N) is 2. The van der Waals surface area contributed by atoms with Gasteiger partial charge in [-0.2, -0.15) is 10.1 Å². The topological polar surface area (TPSA) is 106 Å². The summed E-state index contributed by atoms with van der Waals surface area (Å²) in [7, 11) is 0. The molecule has 1 fully saturated rings. The molecule has 11 heteroatoms. The Morgan fingerprint density at radius 2 is 2.15 bits per heavy atom. The molecule has 0 aromatic carbocycles. The normalized spacial score (nSPS) is 14.0. The lowest BCUT2D eigenvalue weighted by Crippen LogP contribution is -2.27. The Labute approximate surface area is 165 Å². The summed E-state index contributed by atoms with van der Waals surface area (Å²) in [6, 6.07) is 0.414. The number of hydrogen-bond acceptors (Lipinski definition) is 7. The van der Waals surface area contributed by atoms with Crippen molar-refractivity contribution in [3.63, 3.8) is 0 Å². The molecule has 0 aliphatic heterocycles. The van der Waals surface area contributed by atoms with Gasteiger partial charge < -0.3 is 5.32 Å². The van der Waals surface area contributed by atoms with Crippen LogP contribution >= 0.6 is 24.0 Å². The Morgan fingerprint density at radius 1 is 1.37 bits per heavy atom. The highest BCUT2D eigenvalue weighted by atomic mass is 32.2. The molecule has 9 nitrogen and oxygen atoms in total. The first-order valence-electron chi connectivity index (χ1n) is 8.67. The molecular weight excluding hydrogens is 384 g/mol. The van der Waals surface area contributed by atoms with E-state index in [0.717, 1.165) is 35.6 Å². The van der Waals surface area contributed by atoms with Crippen molar-refractivity contribution in [2.45, 2.75) is 50.9 Å². The fraction of sp³-hybridized carbons (Fsp3) is 0.500. The minimum Gasteiger partial charge on any atom is -0.349 e. The number of aromatic nitrogens is 7. The Hall–Kier alpha value is -2.27. The Kier molecular flexibility index (Phi) is 4.72. The van der Waals surface area contributed by atoms with Gasteiger partial charge in [0.15, 0.2) is 10.6 Å². The third kappa shape index (κ3) is 3.48. The molecule has 142 valence electrons. The highest BCUT2D eigenvalue weighted by molar-refractivity contribution is 7.98. The van der Waals surface area contributed by atoms with Crippen LogP contribution in [0.15, 0.2) is 5.16 Å². The second kappa shape index (κ2) is 7.04. The standard InChI is InChI=1S/C16H20N8OS2/c1-8-11(9(2)24-14(18-8)19-15(22-24)27-3)6-13(25)17-7-12-20-21-16(26)23(12)10-4-5-10/h10H,4-7H2,1-3H3,(H,17,25)(H,21,26). The number of aryl methyl sites for hydroxylation is 2. The second-order valence-electron chi connectivity index (χ2n) is 6.57. The van der Waals surface area contributed by atoms with Crippen LogP contribution in [0.3, 0.4) is 0 Å². The van der Waals surface area contributed by atoms with E-state index < -0.39 is 0 Å². The van der Waals surface area contributed by atoms with E-state index in [2.05, 4.69) is 30.6 Å². The number of rotatable bonds is 6. The predicted octanol–water partition coefficient (Wildman–Crippen LogP) is 1.91. The summed E-state index contributed by atoms with van der Waals surface area (Å²) < 4.78 is 4.30. The molecule has 0 atom stereocenters. The maximum Gasteiger partial charge on any atom is 0.253 e. The zero-order valence-electron chi connectivity index (χ0n) is 15.3. The van der Waals surface area contributed by atoms with Crippen LogP contribution in [0.4, 0.5) is 0 Å². The molecule has 1 amide bonds. The summed E-state index contributed by atoms with van der Waals surface area (Å²) in [5.74, 6) is 1.22. The second-order valence-corrected chi connectivity index (χ2v) is 7.73. The van der Waals surface area contributed by atoms with Gasteiger partial charge in [-0.25, -0.2) is 9.50 Å². The van der Waals surface area contributed by atoms with Gasteiger partial charge in [-0.3, -0.25) is 14.5 Å². The molecule has 27 heavy (non-hydrogen) atoms. The largest absolute Gasteiger partial charge is 0.349 e. The number of thioether (sulfide) groups is 1. The van der Waals surface area contributed by atoms with Crippen molar-refractivity contribution in [1.29, 1.82) is 0 Å². The summed E-state index contributed by atoms with van der Waals surface area (Å²) in [4.78, 5) is 21.4. The molecule has 1 aliphatic rings. The Morgan fingerprint density at radius 3 is 2.85 bits per heavy atom. The third-order valence-electron chi connectivity index (χ3n) is 4.68. The summed E-state index contributed by atoms with van der Waals surface area (Å²) in [5, 5.41) is 15.1. The van der Waals surface area contributed by atoms with Gasteiger partial charge in [-0.05, 0) is 45.2 Å². The number of amides is 1. The Bertz CT molecular complexity index is 1080. The van der Waals surface area contributed by atoms with Crippen LogP contribution in [0, 0.1) is 18.6 Å². The maximum absolute atomic E-state index is 12.5. The highest BCUT2D eigenvalue weighted by Gasteiger charge is 2.27. The van der Waals surface area contributed by atoms with Crippen LogP contribution < -0.4 is 5.32 Å². The van der Waals surface area contributed by atoms with E-state index in [9.17, 15) is 4.79 Å². The number of carbonyl (C=O) groups excluding carboxylic acids is 1. The minimum atomic E-state index is -0.0937. The molecular formula is C16H20N8OS2. The monoisotopic (exact) mass is 404 g/mol. The van der Waals surface area contributed by atoms with Gasteiger partial charge in [0.2, 0.25) is 11.1 Å². The third-order valence-corrected chi connectivity index (χ3v) is 5.51. The number of H-pyrrole nitrogens is 1. The van der Waals surface area contributed by atoms with Gasteiger partial charge in [0.25, 0.3) is 5.78 Å². The summed E-state index contributed by atoms with van der Waals surface area (Å²) in [5.41, 5.74) is 2.52. The van der Waals surface area contributed by atoms with Crippen molar-refractivity contribution in [2.24, 2.45) is 0 Å². The number of nitrogens with zero attached hydrogens (tertiary/aromatic N) is 6. The summed E-state index contributed by atoms with van der Waals surface area (Å²) in [6.07, 6.45) is 4.36. The number of aromatic amines is 1. The van der Waals surface area contributed by atoms with E-state index in [4.69, 9.17) is 12.2 Å². The van der Waals surface area contributed by atoms with Crippen LogP contribution in [0.2, 0.25) is 0 Å². The van der Waals surface area contributed by atoms with Crippen LogP contribution in [0.25, 0.3) is 5.78 Å². The lowest BCUT2D eigenvalue weighted by atomic mass is 10.1. The van der Waals surface area contributed by atoms with E-state index in [-0.39, 0.29) is 12.3 Å². The quantitative estimate of drug-likeness (QED) is 0.477. The van der Waals surface area contributed by atoms with Crippen LogP contribution in [-0.2, 0) is 17.8 Å². The highest BCUT2D eigenvalue weighted by Crippen LogP contribution is 2.35. The predicted molar refractivity (Wildman–Crippen MR) is 103 cm³/mol. The average molecular weight is 405 g/mol. The zero-order valence-corrected chi connectivity index (χ0v) is 16.9. The van der Waals surface area contributed by atoms with Gasteiger partial charge in [0, 0.05) is 23.0 Å². The van der Waals surface area contributed by atoms with Gasteiger partial charge in [-0.1, -0.05) is 11.8 Å². The van der Waals surface area contributed by atoms with Crippen molar-refractivity contribution in [3.05, 3.63) is 27.5 Å². The Balaban J connectivity index is 1.50. The summed E-state index contributed by atoms with van der Waals surface area (Å²) >= 11 is 6.73. The molecule has 1 saturated carbocycles. The van der Waals surface area contributed by atoms with Gasteiger partial charge in [0.1, 0.15) is 0 Å². The molecule has 4 rings (SSSR count). The molecule has 0 bridgehead atoms. The van der Waals surface area contributed by atoms with Crippen molar-refractivity contribution in [3.8, 4) is 0 Å². The van der Waals surface area contributed by atoms with Crippen molar-refractivity contribution >= 4 is 35.7 Å². The van der Waals surface area contributed by atoms with Crippen LogP contribution in [0.5, 0.6) is 0 Å². The zero-order chi connectivity index (χ0) is 19.1. The van der Waals surface area contributed by atoms with Crippen molar-refractivity contribution in [2.75, 3.05) is 6.26 Å². The molecule has 0 radical (unpaired) electrons. The molecule has 0 unspecified atom stereocenters. The minimum absolute atomic E-state index is 0.0937. The SMILES string of the molecule is CSc1nc2nc(C)c(CC(=O)NCc3n[nH]c(=S)n3C3CC3)c(C)n2n1. The molecule has 3 aromatic rings. The van der Waals surface area contributed by atoms with E-state index in [1.165, 1.54) is 11.8 Å². The van der Waals surface area contributed by atoms with Crippen LogP contribution in [-0.4, -0.2) is 46.5 Å². The number of carbonyl (C=O) groups is 1. The molecule has 1 aliphatic carbocycles. The van der Waals surface area contributed by atoms with Crippen molar-refractivity contribution in [1.82, 2.24) is 39.7 Å². The van der Waals surface area contributed by atoms with E-state index in [1.54, 1.807) is 4.52 Å². The fourth-order valence-corrected chi connectivity index (χ4v) is 3.74. The molecule has 2 N–H and O–H groups in total. The fourth-order valence-electron chi connectivity index (χ4n) is 3.10. The van der Waals surface area contributed by atoms with E-state index in [1.807, 2.05) is 24.7 Å². The number of fused-ring (bicyclic) bond motifs is 1. The van der Waals surface area contributed by atoms with E-state index in [0.29, 0.717) is 28.3 Å². The van der Waals surface area contributed by atoms with Gasteiger partial charge in [0.05, 0.1) is 13.0 Å². The maximum atomic E-state index is 12.5. The van der Waals surface area contributed by atoms with Gasteiger partial charge in [-0.15, -0.1) is 5.10 Å². The molecule has 3 heterocycles. The smallest absolute Gasteiger partial charge is 0.253 e. The van der Waals surface area contributed by atoms with E-state index >= 15 is 0 Å². The first-order chi connectivity index (χ1) is 13.0. The molecule has 0 saturated heterocycles. The first kappa shape index (κ1) is 18.1. The first-order valence-corrected chi connectivity index (χ1v) is 10.3. The molecule has 0 spiro atoms. The average Bonchev–Trinajstić information content (AvgIpc) is 3.28. The number of hydrogen-bond donors (Lipinski definition) is 2. The lowest BCUT2D eigenvalue weighted by Gasteiger charge is -2.11. The van der Waals surface area contributed by atoms with Crippen LogP contribution in [0.1, 0.15) is 41.7 Å². The summed E-state index contributed by atoms with van der Waals surface area (Å²) in [6.45, 7) is 4.17. The lowest BCUT2D eigenvalue weighted by molar-refractivity contribution is -0.120. The van der Waals surface area contributed by atoms with Gasteiger partial charge >= 0.3 is 0 Å². The van der Waals surface area contributed by atoms with Crippen molar-refractivity contribution < 1.29 is 4.79 Å².